The van der Waals surface area contributed by atoms with Crippen molar-refractivity contribution in [1.82, 2.24) is 0 Å². The van der Waals surface area contributed by atoms with Crippen LogP contribution in [-0.2, 0) is 0 Å². The van der Waals surface area contributed by atoms with E-state index in [1.807, 2.05) is 26.8 Å². The average Bonchev–Trinajstić information content (AvgIpc) is 2.10. The number of carbonyl (C=O) groups excluding carboxylic acids is 1. The Hall–Kier alpha value is -0.890. The minimum absolute atomic E-state index is 0.699. The molecule has 0 aliphatic heterocycles. The molecule has 1 nitrogen and oxygen atoms in total. The standard InChI is InChI=1S/C12H13BrO/c1-7(2)11-8(3)5-10(6-14)12(13)9(11)4/h5-6H,1H2,2-4H3. The largest absolute Gasteiger partial charge is 0.298 e. The topological polar surface area (TPSA) is 17.1 Å². The Morgan fingerprint density at radius 1 is 1.50 bits per heavy atom. The van der Waals surface area contributed by atoms with Crippen molar-refractivity contribution in [1.29, 1.82) is 0 Å². The molecule has 0 saturated heterocycles. The zero-order chi connectivity index (χ0) is 10.9. The van der Waals surface area contributed by atoms with Gasteiger partial charge < -0.3 is 0 Å². The van der Waals surface area contributed by atoms with Gasteiger partial charge in [0.2, 0.25) is 0 Å². The van der Waals surface area contributed by atoms with Gasteiger partial charge in [0, 0.05) is 10.0 Å². The predicted octanol–water partition coefficient (Wildman–Crippen LogP) is 3.91. The van der Waals surface area contributed by atoms with Crippen molar-refractivity contribution >= 4 is 27.8 Å². The van der Waals surface area contributed by atoms with Crippen LogP contribution in [0.25, 0.3) is 5.57 Å². The van der Waals surface area contributed by atoms with Gasteiger partial charge >= 0.3 is 0 Å². The van der Waals surface area contributed by atoms with E-state index >= 15 is 0 Å². The first-order valence-corrected chi connectivity index (χ1v) is 5.19. The van der Waals surface area contributed by atoms with Gasteiger partial charge in [-0.05, 0) is 59.5 Å². The van der Waals surface area contributed by atoms with E-state index in [0.29, 0.717) is 5.56 Å². The molecule has 0 atom stereocenters. The highest BCUT2D eigenvalue weighted by atomic mass is 79.9. The molecule has 0 spiro atoms. The van der Waals surface area contributed by atoms with Gasteiger partial charge in [-0.3, -0.25) is 4.79 Å². The number of rotatable bonds is 2. The van der Waals surface area contributed by atoms with Crippen LogP contribution in [0, 0.1) is 13.8 Å². The first-order valence-electron chi connectivity index (χ1n) is 4.39. The number of hydrogen-bond acceptors (Lipinski definition) is 1. The summed E-state index contributed by atoms with van der Waals surface area (Å²) in [5, 5.41) is 0. The highest BCUT2D eigenvalue weighted by Gasteiger charge is 2.10. The zero-order valence-corrected chi connectivity index (χ0v) is 10.2. The molecule has 2 heteroatoms. The minimum atomic E-state index is 0.699. The minimum Gasteiger partial charge on any atom is -0.298 e. The van der Waals surface area contributed by atoms with Gasteiger partial charge in [0.05, 0.1) is 0 Å². The number of halogens is 1. The highest BCUT2D eigenvalue weighted by Crippen LogP contribution is 2.30. The van der Waals surface area contributed by atoms with E-state index in [0.717, 1.165) is 33.0 Å². The molecule has 1 aromatic rings. The molecule has 0 heterocycles. The molecule has 74 valence electrons. The summed E-state index contributed by atoms with van der Waals surface area (Å²) in [7, 11) is 0. The number of benzene rings is 1. The molecule has 0 aliphatic rings. The van der Waals surface area contributed by atoms with E-state index in [4.69, 9.17) is 0 Å². The SMILES string of the molecule is C=C(C)c1c(C)cc(C=O)c(Br)c1C. The summed E-state index contributed by atoms with van der Waals surface area (Å²) in [5.41, 5.74) is 5.05. The van der Waals surface area contributed by atoms with Gasteiger partial charge in [-0.2, -0.15) is 0 Å². The highest BCUT2D eigenvalue weighted by molar-refractivity contribution is 9.10. The fourth-order valence-electron chi connectivity index (χ4n) is 1.73. The van der Waals surface area contributed by atoms with Gasteiger partial charge in [-0.15, -0.1) is 0 Å². The molecule has 14 heavy (non-hydrogen) atoms. The molecule has 0 aromatic heterocycles. The molecular formula is C12H13BrO. The summed E-state index contributed by atoms with van der Waals surface area (Å²) < 4.78 is 0.871. The molecule has 1 aromatic carbocycles. The van der Waals surface area contributed by atoms with Crippen molar-refractivity contribution in [2.24, 2.45) is 0 Å². The number of aldehydes is 1. The molecule has 0 saturated carbocycles. The quantitative estimate of drug-likeness (QED) is 0.730. The average molecular weight is 253 g/mol. The van der Waals surface area contributed by atoms with Crippen LogP contribution in [0.2, 0.25) is 0 Å². The van der Waals surface area contributed by atoms with Crippen molar-refractivity contribution in [2.75, 3.05) is 0 Å². The van der Waals surface area contributed by atoms with Crippen LogP contribution in [0.3, 0.4) is 0 Å². The van der Waals surface area contributed by atoms with Crippen LogP contribution in [-0.4, -0.2) is 6.29 Å². The predicted molar refractivity (Wildman–Crippen MR) is 63.7 cm³/mol. The lowest BCUT2D eigenvalue weighted by Crippen LogP contribution is -1.96. The van der Waals surface area contributed by atoms with E-state index in [-0.39, 0.29) is 0 Å². The van der Waals surface area contributed by atoms with Crippen LogP contribution in [0.4, 0.5) is 0 Å². The second-order valence-electron chi connectivity index (χ2n) is 3.49. The molecule has 0 fully saturated rings. The van der Waals surface area contributed by atoms with E-state index in [9.17, 15) is 4.79 Å². The molecule has 1 rings (SSSR count). The molecule has 0 aliphatic carbocycles. The van der Waals surface area contributed by atoms with Crippen LogP contribution in [0.1, 0.15) is 34.0 Å². The summed E-state index contributed by atoms with van der Waals surface area (Å²) >= 11 is 3.42. The van der Waals surface area contributed by atoms with Gasteiger partial charge in [-0.25, -0.2) is 0 Å². The van der Waals surface area contributed by atoms with Gasteiger partial charge in [0.15, 0.2) is 6.29 Å². The Labute approximate surface area is 93.0 Å². The summed E-state index contributed by atoms with van der Waals surface area (Å²) in [5.74, 6) is 0. The monoisotopic (exact) mass is 252 g/mol. The third-order valence-corrected chi connectivity index (χ3v) is 3.33. The summed E-state index contributed by atoms with van der Waals surface area (Å²) in [6.07, 6.45) is 0.867. The Bertz CT molecular complexity index is 405. The van der Waals surface area contributed by atoms with Crippen LogP contribution in [0.5, 0.6) is 0 Å². The first-order chi connectivity index (χ1) is 6.49. The normalized spacial score (nSPS) is 10.0. The van der Waals surface area contributed by atoms with Gasteiger partial charge in [0.25, 0.3) is 0 Å². The molecule has 0 radical (unpaired) electrons. The van der Waals surface area contributed by atoms with Gasteiger partial charge in [0.1, 0.15) is 0 Å². The van der Waals surface area contributed by atoms with Crippen molar-refractivity contribution in [3.8, 4) is 0 Å². The van der Waals surface area contributed by atoms with E-state index < -0.39 is 0 Å². The second-order valence-corrected chi connectivity index (χ2v) is 4.29. The maximum Gasteiger partial charge on any atom is 0.151 e. The smallest absolute Gasteiger partial charge is 0.151 e. The maximum atomic E-state index is 10.8. The lowest BCUT2D eigenvalue weighted by Gasteiger charge is -2.12. The van der Waals surface area contributed by atoms with Crippen molar-refractivity contribution in [2.45, 2.75) is 20.8 Å². The Morgan fingerprint density at radius 2 is 2.07 bits per heavy atom. The van der Waals surface area contributed by atoms with Crippen LogP contribution in [0.15, 0.2) is 17.1 Å². The van der Waals surface area contributed by atoms with E-state index in [1.165, 1.54) is 0 Å². The third kappa shape index (κ3) is 1.80. The molecule has 0 amide bonds. The first kappa shape index (κ1) is 11.2. The number of aryl methyl sites for hydroxylation is 1. The Balaban J connectivity index is 3.56. The van der Waals surface area contributed by atoms with Crippen molar-refractivity contribution in [3.05, 3.63) is 39.4 Å². The third-order valence-electron chi connectivity index (χ3n) is 2.28. The van der Waals surface area contributed by atoms with Gasteiger partial charge in [-0.1, -0.05) is 12.2 Å². The summed E-state index contributed by atoms with van der Waals surface area (Å²) in [6.45, 7) is 9.90. The molecular weight excluding hydrogens is 240 g/mol. The molecule has 0 bridgehead atoms. The fourth-order valence-corrected chi connectivity index (χ4v) is 2.14. The zero-order valence-electron chi connectivity index (χ0n) is 8.65. The fraction of sp³-hybridized carbons (Fsp3) is 0.250. The van der Waals surface area contributed by atoms with Crippen LogP contribution < -0.4 is 0 Å². The lowest BCUT2D eigenvalue weighted by atomic mass is 9.95. The summed E-state index contributed by atoms with van der Waals surface area (Å²) in [6, 6.07) is 1.88. The molecule has 0 unspecified atom stereocenters. The Kier molecular flexibility index (Phi) is 3.27. The number of allylic oxidation sites excluding steroid dienone is 1. The van der Waals surface area contributed by atoms with E-state index in [1.54, 1.807) is 0 Å². The van der Waals surface area contributed by atoms with Crippen LogP contribution >= 0.6 is 15.9 Å². The van der Waals surface area contributed by atoms with Crippen molar-refractivity contribution < 1.29 is 4.79 Å². The number of hydrogen-bond donors (Lipinski definition) is 0. The van der Waals surface area contributed by atoms with Crippen molar-refractivity contribution in [3.63, 3.8) is 0 Å². The lowest BCUT2D eigenvalue weighted by molar-refractivity contribution is 0.112. The molecule has 0 N–H and O–H groups in total. The van der Waals surface area contributed by atoms with E-state index in [2.05, 4.69) is 22.5 Å². The second kappa shape index (κ2) is 4.09. The number of carbonyl (C=O) groups is 1. The Morgan fingerprint density at radius 3 is 2.50 bits per heavy atom. The summed E-state index contributed by atoms with van der Waals surface area (Å²) in [4.78, 5) is 10.8. The maximum absolute atomic E-state index is 10.8.